The molecule has 0 saturated heterocycles. The lowest BCUT2D eigenvalue weighted by Crippen LogP contribution is -1.95. The number of aliphatic hydroxyl groups excluding tert-OH is 1. The van der Waals surface area contributed by atoms with E-state index in [1.165, 1.54) is 11.3 Å². The van der Waals surface area contributed by atoms with Crippen LogP contribution in [0.25, 0.3) is 0 Å². The van der Waals surface area contributed by atoms with Crippen molar-refractivity contribution >= 4 is 5.69 Å². The van der Waals surface area contributed by atoms with Crippen molar-refractivity contribution in [2.45, 2.75) is 20.8 Å². The summed E-state index contributed by atoms with van der Waals surface area (Å²) in [5.74, 6) is 0. The molecule has 2 heteroatoms. The van der Waals surface area contributed by atoms with E-state index in [0.717, 1.165) is 6.54 Å². The first-order valence-electron chi connectivity index (χ1n) is 4.66. The van der Waals surface area contributed by atoms with Crippen LogP contribution >= 0.6 is 0 Å². The SMILES string of the molecule is CCNc1ccc(C)cc1.CCO. The molecule has 0 saturated carbocycles. The topological polar surface area (TPSA) is 32.3 Å². The van der Waals surface area contributed by atoms with Crippen molar-refractivity contribution < 1.29 is 5.11 Å². The van der Waals surface area contributed by atoms with E-state index in [4.69, 9.17) is 5.11 Å². The molecule has 0 atom stereocenters. The lowest BCUT2D eigenvalue weighted by atomic mass is 10.2. The largest absolute Gasteiger partial charge is 0.397 e. The average molecular weight is 181 g/mol. The van der Waals surface area contributed by atoms with Crippen molar-refractivity contribution in [2.75, 3.05) is 18.5 Å². The van der Waals surface area contributed by atoms with Gasteiger partial charge in [-0.2, -0.15) is 0 Å². The molecule has 0 aliphatic heterocycles. The number of benzene rings is 1. The normalized spacial score (nSPS) is 8.62. The minimum Gasteiger partial charge on any atom is -0.397 e. The zero-order valence-electron chi connectivity index (χ0n) is 8.67. The molecule has 0 aromatic heterocycles. The molecular formula is C11H19NO. The molecule has 2 N–H and O–H groups in total. The number of hydrogen-bond donors (Lipinski definition) is 2. The molecule has 0 fully saturated rings. The molecule has 0 amide bonds. The molecule has 1 aromatic rings. The van der Waals surface area contributed by atoms with E-state index in [0.29, 0.717) is 0 Å². The third-order valence-corrected chi connectivity index (χ3v) is 1.43. The number of nitrogens with one attached hydrogen (secondary N) is 1. The van der Waals surface area contributed by atoms with Crippen molar-refractivity contribution in [3.05, 3.63) is 29.8 Å². The van der Waals surface area contributed by atoms with E-state index in [1.54, 1.807) is 6.92 Å². The van der Waals surface area contributed by atoms with E-state index in [-0.39, 0.29) is 6.61 Å². The lowest BCUT2D eigenvalue weighted by molar-refractivity contribution is 0.318. The van der Waals surface area contributed by atoms with E-state index in [2.05, 4.69) is 43.4 Å². The van der Waals surface area contributed by atoms with Gasteiger partial charge in [0.15, 0.2) is 0 Å². The van der Waals surface area contributed by atoms with E-state index in [9.17, 15) is 0 Å². The molecule has 0 aliphatic rings. The summed E-state index contributed by atoms with van der Waals surface area (Å²) < 4.78 is 0. The number of aryl methyl sites for hydroxylation is 1. The van der Waals surface area contributed by atoms with Gasteiger partial charge in [0.2, 0.25) is 0 Å². The maximum absolute atomic E-state index is 7.57. The predicted molar refractivity (Wildman–Crippen MR) is 58.1 cm³/mol. The van der Waals surface area contributed by atoms with Crippen LogP contribution in [-0.2, 0) is 0 Å². The number of hydrogen-bond acceptors (Lipinski definition) is 2. The van der Waals surface area contributed by atoms with Crippen LogP contribution in [0, 0.1) is 6.92 Å². The van der Waals surface area contributed by atoms with Crippen LogP contribution in [-0.4, -0.2) is 18.3 Å². The Morgan fingerprint density at radius 1 is 1.15 bits per heavy atom. The molecule has 0 aliphatic carbocycles. The van der Waals surface area contributed by atoms with Crippen LogP contribution < -0.4 is 5.32 Å². The van der Waals surface area contributed by atoms with Crippen molar-refractivity contribution in [1.29, 1.82) is 0 Å². The predicted octanol–water partition coefficient (Wildman–Crippen LogP) is 2.43. The van der Waals surface area contributed by atoms with Crippen LogP contribution in [0.2, 0.25) is 0 Å². The summed E-state index contributed by atoms with van der Waals surface area (Å²) in [5, 5.41) is 10.8. The number of aliphatic hydroxyl groups is 1. The van der Waals surface area contributed by atoms with Gasteiger partial charge < -0.3 is 10.4 Å². The zero-order chi connectivity index (χ0) is 10.1. The van der Waals surface area contributed by atoms with Gasteiger partial charge in [0.1, 0.15) is 0 Å². The molecular weight excluding hydrogens is 162 g/mol. The first-order chi connectivity index (χ1) is 6.24. The van der Waals surface area contributed by atoms with Crippen LogP contribution in [0.4, 0.5) is 5.69 Å². The van der Waals surface area contributed by atoms with Crippen molar-refractivity contribution in [3.63, 3.8) is 0 Å². The summed E-state index contributed by atoms with van der Waals surface area (Å²) in [6.45, 7) is 7.11. The Labute approximate surface area is 80.6 Å². The molecule has 13 heavy (non-hydrogen) atoms. The van der Waals surface area contributed by atoms with Crippen LogP contribution in [0.15, 0.2) is 24.3 Å². The van der Waals surface area contributed by atoms with E-state index in [1.807, 2.05) is 0 Å². The fraction of sp³-hybridized carbons (Fsp3) is 0.455. The Balaban J connectivity index is 0.000000424. The van der Waals surface area contributed by atoms with Gasteiger partial charge in [0.25, 0.3) is 0 Å². The third kappa shape index (κ3) is 6.17. The minimum absolute atomic E-state index is 0.250. The monoisotopic (exact) mass is 181 g/mol. The second kappa shape index (κ2) is 7.62. The smallest absolute Gasteiger partial charge is 0.0402 e. The van der Waals surface area contributed by atoms with Crippen LogP contribution in [0.1, 0.15) is 19.4 Å². The van der Waals surface area contributed by atoms with Gasteiger partial charge in [-0.15, -0.1) is 0 Å². The highest BCUT2D eigenvalue weighted by molar-refractivity contribution is 5.43. The Morgan fingerprint density at radius 3 is 2.00 bits per heavy atom. The quantitative estimate of drug-likeness (QED) is 0.734. The van der Waals surface area contributed by atoms with Crippen molar-refractivity contribution in [2.24, 2.45) is 0 Å². The second-order valence-electron chi connectivity index (χ2n) is 2.71. The molecule has 0 bridgehead atoms. The highest BCUT2D eigenvalue weighted by Crippen LogP contribution is 2.07. The Bertz CT molecular complexity index is 206. The molecule has 0 spiro atoms. The van der Waals surface area contributed by atoms with Crippen LogP contribution in [0.3, 0.4) is 0 Å². The van der Waals surface area contributed by atoms with Gasteiger partial charge in [-0.25, -0.2) is 0 Å². The number of anilines is 1. The summed E-state index contributed by atoms with van der Waals surface area (Å²) >= 11 is 0. The van der Waals surface area contributed by atoms with Gasteiger partial charge in [-0.05, 0) is 32.9 Å². The van der Waals surface area contributed by atoms with Gasteiger partial charge >= 0.3 is 0 Å². The Hall–Kier alpha value is -1.02. The Morgan fingerprint density at radius 2 is 1.62 bits per heavy atom. The maximum Gasteiger partial charge on any atom is 0.0402 e. The molecule has 1 aromatic carbocycles. The van der Waals surface area contributed by atoms with Crippen molar-refractivity contribution in [3.8, 4) is 0 Å². The highest BCUT2D eigenvalue weighted by Gasteiger charge is 1.86. The van der Waals surface area contributed by atoms with Crippen LogP contribution in [0.5, 0.6) is 0 Å². The first kappa shape index (κ1) is 12.0. The molecule has 1 rings (SSSR count). The van der Waals surface area contributed by atoms with E-state index >= 15 is 0 Å². The highest BCUT2D eigenvalue weighted by atomic mass is 16.2. The average Bonchev–Trinajstić information content (AvgIpc) is 2.11. The van der Waals surface area contributed by atoms with Crippen molar-refractivity contribution in [1.82, 2.24) is 0 Å². The fourth-order valence-corrected chi connectivity index (χ4v) is 0.876. The summed E-state index contributed by atoms with van der Waals surface area (Å²) in [6, 6.07) is 8.41. The second-order valence-corrected chi connectivity index (χ2v) is 2.71. The minimum atomic E-state index is 0.250. The molecule has 0 unspecified atom stereocenters. The first-order valence-corrected chi connectivity index (χ1v) is 4.66. The zero-order valence-corrected chi connectivity index (χ0v) is 8.67. The molecule has 74 valence electrons. The maximum atomic E-state index is 7.57. The standard InChI is InChI=1S/C9H13N.C2H6O/c1-3-10-9-6-4-8(2)5-7-9;1-2-3/h4-7,10H,3H2,1-2H3;3H,2H2,1H3. The van der Waals surface area contributed by atoms with E-state index < -0.39 is 0 Å². The summed E-state index contributed by atoms with van der Waals surface area (Å²) in [4.78, 5) is 0. The Kier molecular flexibility index (Phi) is 7.02. The van der Waals surface area contributed by atoms with Gasteiger partial charge in [-0.1, -0.05) is 17.7 Å². The summed E-state index contributed by atoms with van der Waals surface area (Å²) in [7, 11) is 0. The summed E-state index contributed by atoms with van der Waals surface area (Å²) in [5.41, 5.74) is 2.51. The third-order valence-electron chi connectivity index (χ3n) is 1.43. The number of rotatable bonds is 2. The molecule has 2 nitrogen and oxygen atoms in total. The van der Waals surface area contributed by atoms with Gasteiger partial charge in [0.05, 0.1) is 0 Å². The van der Waals surface area contributed by atoms with Gasteiger partial charge in [-0.3, -0.25) is 0 Å². The fourth-order valence-electron chi connectivity index (χ4n) is 0.876. The molecule has 0 heterocycles. The summed E-state index contributed by atoms with van der Waals surface area (Å²) in [6.07, 6.45) is 0. The lowest BCUT2D eigenvalue weighted by Gasteiger charge is -2.01. The van der Waals surface area contributed by atoms with Gasteiger partial charge in [0, 0.05) is 18.8 Å². The molecule has 0 radical (unpaired) electrons.